The molecule has 2 aliphatic rings. The van der Waals surface area contributed by atoms with Crippen molar-refractivity contribution >= 4 is 40.5 Å². The van der Waals surface area contributed by atoms with Gasteiger partial charge in [0.05, 0.1) is 16.9 Å². The minimum atomic E-state index is 0.871. The number of allylic oxidation sites excluding steroid dienone is 7. The molecule has 0 saturated carbocycles. The summed E-state index contributed by atoms with van der Waals surface area (Å²) in [6.07, 6.45) is 23.0. The van der Waals surface area contributed by atoms with Gasteiger partial charge in [0.1, 0.15) is 0 Å². The minimum absolute atomic E-state index is 0.871. The van der Waals surface area contributed by atoms with Crippen LogP contribution < -0.4 is 5.32 Å². The standard InChI is InChI=1S/C51H45N3.C2H6/c1-5-36-26-27-44(34(3)43(36)6-2)51-35(4)50-46(33-52)47(53-42-22-14-9-15-23-42)28-29-49(50)54(51)48-25-17-16-24-45(48)41-31-39(37-18-10-7-11-19-37)30-40(32-41)38-20-12-8-13-21-38;1-2/h5-7,10-12,14,16-33,52-53H,1-2,8-9,13,15H2,3-4H3;1-2H3. The van der Waals surface area contributed by atoms with Crippen molar-refractivity contribution in [2.75, 3.05) is 5.32 Å². The smallest absolute Gasteiger partial charge is 0.0573 e. The van der Waals surface area contributed by atoms with Crippen molar-refractivity contribution in [3.63, 3.8) is 0 Å². The predicted octanol–water partition coefficient (Wildman–Crippen LogP) is 14.9. The lowest BCUT2D eigenvalue weighted by atomic mass is 9.90. The van der Waals surface area contributed by atoms with Gasteiger partial charge in [-0.3, -0.25) is 0 Å². The molecule has 5 aromatic carbocycles. The molecular formula is C53H51N3. The average Bonchev–Trinajstić information content (AvgIpc) is 3.56. The molecule has 0 spiro atoms. The second-order valence-corrected chi connectivity index (χ2v) is 14.1. The summed E-state index contributed by atoms with van der Waals surface area (Å²) in [5, 5.41) is 13.5. The predicted molar refractivity (Wildman–Crippen MR) is 245 cm³/mol. The van der Waals surface area contributed by atoms with Crippen LogP contribution in [0, 0.1) is 19.3 Å². The quantitative estimate of drug-likeness (QED) is 0.135. The molecule has 3 nitrogen and oxygen atoms in total. The van der Waals surface area contributed by atoms with E-state index in [0.29, 0.717) is 0 Å². The number of rotatable bonds is 10. The summed E-state index contributed by atoms with van der Waals surface area (Å²) in [5.41, 5.74) is 18.8. The zero-order valence-corrected chi connectivity index (χ0v) is 33.1. The highest BCUT2D eigenvalue weighted by Gasteiger charge is 2.25. The lowest BCUT2D eigenvalue weighted by Gasteiger charge is -2.20. The van der Waals surface area contributed by atoms with E-state index in [1.165, 1.54) is 28.5 Å². The van der Waals surface area contributed by atoms with Crippen molar-refractivity contribution in [3.8, 4) is 39.2 Å². The molecule has 0 bridgehead atoms. The van der Waals surface area contributed by atoms with E-state index in [-0.39, 0.29) is 0 Å². The van der Waals surface area contributed by atoms with Gasteiger partial charge in [0.15, 0.2) is 0 Å². The highest BCUT2D eigenvalue weighted by molar-refractivity contribution is 6.09. The summed E-state index contributed by atoms with van der Waals surface area (Å²) in [6, 6.07) is 35.2. The summed E-state index contributed by atoms with van der Waals surface area (Å²) in [5.74, 6) is 0. The van der Waals surface area contributed by atoms with E-state index in [9.17, 15) is 0 Å². The number of nitrogens with zero attached hydrogens (tertiary/aromatic N) is 1. The van der Waals surface area contributed by atoms with Crippen LogP contribution in [0.1, 0.15) is 72.9 Å². The molecule has 0 unspecified atom stereocenters. The summed E-state index contributed by atoms with van der Waals surface area (Å²) >= 11 is 0. The van der Waals surface area contributed by atoms with Gasteiger partial charge in [0.2, 0.25) is 0 Å². The fourth-order valence-corrected chi connectivity index (χ4v) is 8.23. The van der Waals surface area contributed by atoms with Crippen LogP contribution in [-0.2, 0) is 0 Å². The Morgan fingerprint density at radius 1 is 0.643 bits per heavy atom. The molecule has 3 heteroatoms. The number of hydrogen-bond donors (Lipinski definition) is 2. The molecule has 0 aliphatic heterocycles. The monoisotopic (exact) mass is 729 g/mol. The van der Waals surface area contributed by atoms with Crippen LogP contribution in [0.3, 0.4) is 0 Å². The zero-order valence-electron chi connectivity index (χ0n) is 33.1. The summed E-state index contributed by atoms with van der Waals surface area (Å²) in [4.78, 5) is 0. The lowest BCUT2D eigenvalue weighted by molar-refractivity contribution is 1.02. The first-order valence-electron chi connectivity index (χ1n) is 19.9. The maximum atomic E-state index is 8.78. The third-order valence-corrected chi connectivity index (χ3v) is 10.9. The van der Waals surface area contributed by atoms with E-state index >= 15 is 0 Å². The van der Waals surface area contributed by atoms with Crippen LogP contribution in [0.5, 0.6) is 0 Å². The first-order chi connectivity index (χ1) is 27.5. The Morgan fingerprint density at radius 2 is 1.36 bits per heavy atom. The van der Waals surface area contributed by atoms with Crippen molar-refractivity contribution in [2.45, 2.75) is 53.4 Å². The number of benzene rings is 5. The Labute approximate surface area is 333 Å². The fraction of sp³-hybridized carbons (Fsp3) is 0.151. The lowest BCUT2D eigenvalue weighted by Crippen LogP contribution is -2.04. The van der Waals surface area contributed by atoms with Crippen LogP contribution in [0.25, 0.3) is 67.8 Å². The maximum Gasteiger partial charge on any atom is 0.0573 e. The van der Waals surface area contributed by atoms with Gasteiger partial charge in [-0.05, 0) is 132 Å². The normalized spacial score (nSPS) is 13.4. The maximum absolute atomic E-state index is 8.78. The van der Waals surface area contributed by atoms with Gasteiger partial charge in [0, 0.05) is 39.7 Å². The molecule has 0 atom stereocenters. The molecule has 8 rings (SSSR count). The Morgan fingerprint density at radius 3 is 2.05 bits per heavy atom. The van der Waals surface area contributed by atoms with Crippen LogP contribution in [-0.4, -0.2) is 10.8 Å². The topological polar surface area (TPSA) is 40.8 Å². The largest absolute Gasteiger partial charge is 0.355 e. The first-order valence-corrected chi connectivity index (χ1v) is 19.9. The molecule has 56 heavy (non-hydrogen) atoms. The molecule has 278 valence electrons. The third kappa shape index (κ3) is 7.09. The van der Waals surface area contributed by atoms with Crippen molar-refractivity contribution in [3.05, 3.63) is 186 Å². The number of fused-ring (bicyclic) bond motifs is 1. The highest BCUT2D eigenvalue weighted by Crippen LogP contribution is 2.44. The van der Waals surface area contributed by atoms with E-state index in [4.69, 9.17) is 5.41 Å². The molecule has 1 heterocycles. The number of anilines is 1. The SMILES string of the molecule is C=Cc1ccc(-c2c(C)c3c(C=N)c(NC4=CCCC=C4)ccc3n2-c2ccccc2-c2cc(C3=CCCC=C3)cc(-c3ccccc3)c2)c(C)c1C=C.CC. The van der Waals surface area contributed by atoms with Gasteiger partial charge in [-0.25, -0.2) is 0 Å². The molecule has 0 fully saturated rings. The third-order valence-electron chi connectivity index (χ3n) is 10.9. The molecule has 0 amide bonds. The van der Waals surface area contributed by atoms with Crippen molar-refractivity contribution in [1.82, 2.24) is 4.57 Å². The van der Waals surface area contributed by atoms with E-state index in [0.717, 1.165) is 104 Å². The average molecular weight is 730 g/mol. The number of hydrogen-bond acceptors (Lipinski definition) is 2. The van der Waals surface area contributed by atoms with Gasteiger partial charge in [-0.1, -0.05) is 130 Å². The second-order valence-electron chi connectivity index (χ2n) is 14.1. The number of nitrogens with one attached hydrogen (secondary N) is 2. The van der Waals surface area contributed by atoms with Gasteiger partial charge in [-0.2, -0.15) is 0 Å². The Hall–Kier alpha value is -6.45. The van der Waals surface area contributed by atoms with Crippen LogP contribution >= 0.6 is 0 Å². The summed E-state index contributed by atoms with van der Waals surface area (Å²) < 4.78 is 2.42. The van der Waals surface area contributed by atoms with Gasteiger partial charge >= 0.3 is 0 Å². The molecule has 2 aliphatic carbocycles. The van der Waals surface area contributed by atoms with Crippen LogP contribution in [0.2, 0.25) is 0 Å². The number of para-hydroxylation sites is 1. The van der Waals surface area contributed by atoms with E-state index in [1.54, 1.807) is 0 Å². The zero-order chi connectivity index (χ0) is 39.2. The summed E-state index contributed by atoms with van der Waals surface area (Å²) in [7, 11) is 0. The van der Waals surface area contributed by atoms with Gasteiger partial charge in [0.25, 0.3) is 0 Å². The molecule has 0 saturated heterocycles. The molecule has 1 aromatic heterocycles. The Kier molecular flexibility index (Phi) is 11.4. The van der Waals surface area contributed by atoms with Crippen molar-refractivity contribution in [1.29, 1.82) is 5.41 Å². The Bertz CT molecular complexity index is 2590. The van der Waals surface area contributed by atoms with Crippen molar-refractivity contribution in [2.24, 2.45) is 0 Å². The molecule has 2 N–H and O–H groups in total. The van der Waals surface area contributed by atoms with E-state index in [1.807, 2.05) is 26.0 Å². The van der Waals surface area contributed by atoms with E-state index in [2.05, 4.69) is 170 Å². The first kappa shape index (κ1) is 37.8. The molecular weight excluding hydrogens is 679 g/mol. The fourth-order valence-electron chi connectivity index (χ4n) is 8.23. The number of aromatic nitrogens is 1. The molecule has 6 aromatic rings. The summed E-state index contributed by atoms with van der Waals surface area (Å²) in [6.45, 7) is 16.7. The highest BCUT2D eigenvalue weighted by atomic mass is 15.0. The van der Waals surface area contributed by atoms with E-state index < -0.39 is 0 Å². The Balaban J connectivity index is 0.00000237. The van der Waals surface area contributed by atoms with Gasteiger partial charge in [-0.15, -0.1) is 0 Å². The molecule has 0 radical (unpaired) electrons. The minimum Gasteiger partial charge on any atom is -0.355 e. The second kappa shape index (κ2) is 16.9. The van der Waals surface area contributed by atoms with Crippen molar-refractivity contribution < 1.29 is 0 Å². The van der Waals surface area contributed by atoms with Gasteiger partial charge < -0.3 is 15.3 Å². The number of aryl methyl sites for hydroxylation is 1. The van der Waals surface area contributed by atoms with Crippen LogP contribution in [0.15, 0.2) is 152 Å². The van der Waals surface area contributed by atoms with Crippen LogP contribution in [0.4, 0.5) is 5.69 Å².